The lowest BCUT2D eigenvalue weighted by atomic mass is 10.0. The number of piperazine rings is 1. The van der Waals surface area contributed by atoms with Crippen LogP contribution in [0.3, 0.4) is 0 Å². The Hall–Kier alpha value is -3.61. The Morgan fingerprint density at radius 2 is 1.66 bits per heavy atom. The van der Waals surface area contributed by atoms with Crippen LogP contribution < -0.4 is 10.6 Å². The van der Waals surface area contributed by atoms with Gasteiger partial charge >= 0.3 is 0 Å². The summed E-state index contributed by atoms with van der Waals surface area (Å²) in [4.78, 5) is 37.1. The van der Waals surface area contributed by atoms with E-state index in [0.29, 0.717) is 42.2 Å². The van der Waals surface area contributed by atoms with Crippen LogP contribution in [0.2, 0.25) is 0 Å². The van der Waals surface area contributed by atoms with Crippen molar-refractivity contribution in [1.29, 1.82) is 0 Å². The van der Waals surface area contributed by atoms with Crippen molar-refractivity contribution >= 4 is 35.1 Å². The maximum absolute atomic E-state index is 13.3. The number of fused-ring (bicyclic) bond motifs is 1. The highest BCUT2D eigenvalue weighted by Crippen LogP contribution is 2.29. The van der Waals surface area contributed by atoms with Crippen molar-refractivity contribution in [1.82, 2.24) is 9.80 Å². The second-order valence-electron chi connectivity index (χ2n) is 9.13. The molecule has 1 saturated heterocycles. The first-order valence-electron chi connectivity index (χ1n) is 12.6. The third kappa shape index (κ3) is 5.73. The molecule has 0 aliphatic carbocycles. The molecule has 0 bridgehead atoms. The van der Waals surface area contributed by atoms with E-state index < -0.39 is 0 Å². The molecule has 7 nitrogen and oxygen atoms in total. The number of aliphatic imine (C=N–C) groups is 1. The largest absolute Gasteiger partial charge is 0.387 e. The number of nitrogens with two attached hydrogens (primary N) is 1. The summed E-state index contributed by atoms with van der Waals surface area (Å²) in [7, 11) is 0. The van der Waals surface area contributed by atoms with Crippen molar-refractivity contribution in [2.45, 2.75) is 33.1 Å². The molecule has 0 saturated carbocycles. The maximum Gasteiger partial charge on any atom is 0.254 e. The third-order valence-electron chi connectivity index (χ3n) is 6.48. The fraction of sp³-hybridized carbons (Fsp3) is 0.393. The van der Waals surface area contributed by atoms with Crippen LogP contribution in [0, 0.1) is 0 Å². The Bertz CT molecular complexity index is 1110. The summed E-state index contributed by atoms with van der Waals surface area (Å²) in [6.07, 6.45) is 4.00. The molecule has 2 aromatic rings. The van der Waals surface area contributed by atoms with Gasteiger partial charge in [-0.1, -0.05) is 38.1 Å². The number of anilines is 1. The zero-order valence-electron chi connectivity index (χ0n) is 20.7. The van der Waals surface area contributed by atoms with E-state index >= 15 is 0 Å². The van der Waals surface area contributed by atoms with Crippen LogP contribution in [0.1, 0.15) is 49.0 Å². The summed E-state index contributed by atoms with van der Waals surface area (Å²) in [5.74, 6) is 0.393. The van der Waals surface area contributed by atoms with E-state index in [1.807, 2.05) is 46.2 Å². The van der Waals surface area contributed by atoms with Gasteiger partial charge in [0.25, 0.3) is 5.91 Å². The monoisotopic (exact) mass is 473 g/mol. The molecule has 184 valence electrons. The number of amidine groups is 1. The summed E-state index contributed by atoms with van der Waals surface area (Å²) in [6, 6.07) is 15.8. The molecule has 0 spiro atoms. The first-order valence-corrected chi connectivity index (χ1v) is 12.6. The van der Waals surface area contributed by atoms with Crippen molar-refractivity contribution in [3.8, 4) is 0 Å². The summed E-state index contributed by atoms with van der Waals surface area (Å²) in [5, 5.41) is 0. The van der Waals surface area contributed by atoms with Crippen LogP contribution in [0.4, 0.5) is 11.4 Å². The van der Waals surface area contributed by atoms with Crippen molar-refractivity contribution in [3.05, 3.63) is 65.2 Å². The second-order valence-corrected chi connectivity index (χ2v) is 9.13. The van der Waals surface area contributed by atoms with Gasteiger partial charge in [0.2, 0.25) is 5.91 Å². The standard InChI is InChI=1S/C28H35N5O2/c1-3-12-32(13-4-2)28(35)23-18-21-10-11-22(19-25(21)30-26(29)20-23)27(34)33-16-14-31(15-17-33)24-8-6-5-7-9-24/h5-11,18-19H,3-4,12-17,20H2,1-2H3,(H2,29,30). The van der Waals surface area contributed by atoms with Crippen LogP contribution in [-0.4, -0.2) is 66.7 Å². The van der Waals surface area contributed by atoms with E-state index in [0.717, 1.165) is 44.6 Å². The molecule has 1 fully saturated rings. The van der Waals surface area contributed by atoms with Crippen LogP contribution in [-0.2, 0) is 4.79 Å². The van der Waals surface area contributed by atoms with Crippen molar-refractivity contribution < 1.29 is 9.59 Å². The molecule has 2 N–H and O–H groups in total. The molecule has 0 atom stereocenters. The lowest BCUT2D eigenvalue weighted by Gasteiger charge is -2.36. The minimum Gasteiger partial charge on any atom is -0.387 e. The van der Waals surface area contributed by atoms with E-state index in [-0.39, 0.29) is 11.8 Å². The molecule has 0 radical (unpaired) electrons. The number of carbonyl (C=O) groups excluding carboxylic acids is 2. The van der Waals surface area contributed by atoms with Crippen molar-refractivity contribution in [2.24, 2.45) is 10.7 Å². The lowest BCUT2D eigenvalue weighted by molar-refractivity contribution is -0.127. The van der Waals surface area contributed by atoms with Crippen molar-refractivity contribution in [2.75, 3.05) is 44.2 Å². The van der Waals surface area contributed by atoms with Crippen LogP contribution in [0.5, 0.6) is 0 Å². The maximum atomic E-state index is 13.3. The Labute approximate surface area is 207 Å². The number of amides is 2. The minimum absolute atomic E-state index is 0.00382. The van der Waals surface area contributed by atoms with Crippen LogP contribution in [0.15, 0.2) is 59.1 Å². The van der Waals surface area contributed by atoms with E-state index in [1.165, 1.54) is 5.69 Å². The van der Waals surface area contributed by atoms with Gasteiger partial charge in [-0.05, 0) is 43.2 Å². The van der Waals surface area contributed by atoms with Crippen LogP contribution >= 0.6 is 0 Å². The molecule has 7 heteroatoms. The highest BCUT2D eigenvalue weighted by molar-refractivity contribution is 6.06. The Kier molecular flexibility index (Phi) is 7.85. The molecule has 35 heavy (non-hydrogen) atoms. The van der Waals surface area contributed by atoms with Crippen LogP contribution in [0.25, 0.3) is 6.08 Å². The normalized spacial score (nSPS) is 15.6. The van der Waals surface area contributed by atoms with E-state index in [1.54, 1.807) is 6.07 Å². The molecule has 4 rings (SSSR count). The number of benzene rings is 2. The zero-order valence-corrected chi connectivity index (χ0v) is 20.7. The highest BCUT2D eigenvalue weighted by atomic mass is 16.2. The predicted octanol–water partition coefficient (Wildman–Crippen LogP) is 4.07. The average Bonchev–Trinajstić information content (AvgIpc) is 3.05. The van der Waals surface area contributed by atoms with Crippen molar-refractivity contribution in [3.63, 3.8) is 0 Å². The SMILES string of the molecule is CCCN(CCC)C(=O)C1=Cc2ccc(C(=O)N3CCN(c4ccccc4)CC3)cc2N=C(N)C1. The van der Waals surface area contributed by atoms with E-state index in [9.17, 15) is 9.59 Å². The van der Waals surface area contributed by atoms with Gasteiger partial charge in [-0.15, -0.1) is 0 Å². The fourth-order valence-electron chi connectivity index (χ4n) is 4.71. The summed E-state index contributed by atoms with van der Waals surface area (Å²) < 4.78 is 0. The van der Waals surface area contributed by atoms with Gasteiger partial charge in [0, 0.05) is 68.1 Å². The predicted molar refractivity (Wildman–Crippen MR) is 142 cm³/mol. The average molecular weight is 474 g/mol. The lowest BCUT2D eigenvalue weighted by Crippen LogP contribution is -2.48. The minimum atomic E-state index is -0.00382. The van der Waals surface area contributed by atoms with Gasteiger partial charge in [0.1, 0.15) is 5.84 Å². The molecule has 0 unspecified atom stereocenters. The molecular weight excluding hydrogens is 438 g/mol. The third-order valence-corrected chi connectivity index (χ3v) is 6.48. The van der Waals surface area contributed by atoms with E-state index in [2.05, 4.69) is 35.9 Å². The van der Waals surface area contributed by atoms with E-state index in [4.69, 9.17) is 5.73 Å². The van der Waals surface area contributed by atoms with Gasteiger partial charge in [-0.2, -0.15) is 0 Å². The molecule has 2 aliphatic rings. The Morgan fingerprint density at radius 1 is 0.971 bits per heavy atom. The molecular formula is C28H35N5O2. The topological polar surface area (TPSA) is 82.2 Å². The first-order chi connectivity index (χ1) is 17.0. The molecule has 2 aliphatic heterocycles. The summed E-state index contributed by atoms with van der Waals surface area (Å²) >= 11 is 0. The fourth-order valence-corrected chi connectivity index (χ4v) is 4.71. The zero-order chi connectivity index (χ0) is 24.8. The number of rotatable bonds is 7. The van der Waals surface area contributed by atoms with Gasteiger partial charge in [0.15, 0.2) is 0 Å². The Morgan fingerprint density at radius 3 is 2.31 bits per heavy atom. The van der Waals surface area contributed by atoms with Gasteiger partial charge in [-0.3, -0.25) is 9.59 Å². The molecule has 2 heterocycles. The summed E-state index contributed by atoms with van der Waals surface area (Å²) in [5.41, 5.74) is 10.1. The highest BCUT2D eigenvalue weighted by Gasteiger charge is 2.24. The van der Waals surface area contributed by atoms with Gasteiger partial charge in [0.05, 0.1) is 5.69 Å². The summed E-state index contributed by atoms with van der Waals surface area (Å²) in [6.45, 7) is 8.51. The molecule has 0 aromatic heterocycles. The number of nitrogens with zero attached hydrogens (tertiary/aromatic N) is 4. The second kappa shape index (κ2) is 11.2. The first kappa shape index (κ1) is 24.5. The molecule has 2 aromatic carbocycles. The molecule has 2 amide bonds. The number of hydrogen-bond acceptors (Lipinski definition) is 5. The quantitative estimate of drug-likeness (QED) is 0.657. The number of hydrogen-bond donors (Lipinski definition) is 1. The van der Waals surface area contributed by atoms with Gasteiger partial charge < -0.3 is 20.4 Å². The number of carbonyl (C=O) groups is 2. The Balaban J connectivity index is 1.50. The van der Waals surface area contributed by atoms with Gasteiger partial charge in [-0.25, -0.2) is 4.99 Å². The smallest absolute Gasteiger partial charge is 0.254 e. The number of para-hydroxylation sites is 1.